The molecule has 1 rings (SSSR count). The van der Waals surface area contributed by atoms with Gasteiger partial charge in [0.05, 0.1) is 12.6 Å². The molecule has 3 N–H and O–H groups in total. The lowest BCUT2D eigenvalue weighted by atomic mass is 10.1. The van der Waals surface area contributed by atoms with Gasteiger partial charge in [0.2, 0.25) is 0 Å². The summed E-state index contributed by atoms with van der Waals surface area (Å²) in [6, 6.07) is 5.40. The van der Waals surface area contributed by atoms with Gasteiger partial charge in [-0.05, 0) is 44.7 Å². The van der Waals surface area contributed by atoms with E-state index in [0.717, 1.165) is 5.56 Å². The van der Waals surface area contributed by atoms with Gasteiger partial charge in [0, 0.05) is 14.8 Å². The molecule has 120 valence electrons. The number of nitrogens with two attached hydrogens (primary N) is 1. The first-order valence-corrected chi connectivity index (χ1v) is 8.30. The van der Waals surface area contributed by atoms with E-state index in [-0.39, 0.29) is 34.8 Å². The zero-order chi connectivity index (χ0) is 15.3. The van der Waals surface area contributed by atoms with Crippen LogP contribution in [0.2, 0.25) is 10.0 Å². The second-order valence-electron chi connectivity index (χ2n) is 5.20. The van der Waals surface area contributed by atoms with Crippen molar-refractivity contribution in [1.29, 1.82) is 0 Å². The fourth-order valence-corrected chi connectivity index (χ4v) is 2.30. The quantitative estimate of drug-likeness (QED) is 0.379. The minimum Gasteiger partial charge on any atom is -0.370 e. The van der Waals surface area contributed by atoms with Gasteiger partial charge in [-0.1, -0.05) is 29.3 Å². The number of nitrogens with one attached hydrogen (secondary N) is 1. The lowest BCUT2D eigenvalue weighted by molar-refractivity contribution is 0.688. The number of thioether (sulfide) groups is 1. The second-order valence-corrected chi connectivity index (χ2v) is 7.55. The smallest absolute Gasteiger partial charge is 0.189 e. The number of halogens is 3. The molecule has 21 heavy (non-hydrogen) atoms. The standard InChI is InChI=1S/C14H21Cl2N3S.HI/c1-9(11-6-5-10(15)7-12(11)16)19-13(17)18-8-14(2,3)20-4;/h5-7,9H,8H2,1-4H3,(H3,17,18,19);1H. The van der Waals surface area contributed by atoms with Gasteiger partial charge in [0.15, 0.2) is 5.96 Å². The fraction of sp³-hybridized carbons (Fsp3) is 0.500. The minimum atomic E-state index is -0.0269. The van der Waals surface area contributed by atoms with Crippen LogP contribution in [0.4, 0.5) is 0 Å². The van der Waals surface area contributed by atoms with E-state index in [1.54, 1.807) is 17.8 Å². The predicted molar refractivity (Wildman–Crippen MR) is 108 cm³/mol. The van der Waals surface area contributed by atoms with Crippen molar-refractivity contribution in [2.75, 3.05) is 12.8 Å². The van der Waals surface area contributed by atoms with Crippen LogP contribution >= 0.6 is 58.9 Å². The summed E-state index contributed by atoms with van der Waals surface area (Å²) < 4.78 is 0.0768. The van der Waals surface area contributed by atoms with Crippen LogP contribution in [-0.4, -0.2) is 23.5 Å². The van der Waals surface area contributed by atoms with Gasteiger partial charge >= 0.3 is 0 Å². The Morgan fingerprint density at radius 2 is 2.05 bits per heavy atom. The lowest BCUT2D eigenvalue weighted by Crippen LogP contribution is -2.35. The molecule has 0 bridgehead atoms. The van der Waals surface area contributed by atoms with Crippen LogP contribution < -0.4 is 11.1 Å². The Kier molecular flexibility index (Phi) is 9.39. The molecule has 1 atom stereocenters. The van der Waals surface area contributed by atoms with E-state index in [1.807, 2.05) is 19.1 Å². The molecule has 1 unspecified atom stereocenters. The molecule has 0 radical (unpaired) electrons. The highest BCUT2D eigenvalue weighted by Gasteiger charge is 2.16. The average Bonchev–Trinajstić information content (AvgIpc) is 2.36. The van der Waals surface area contributed by atoms with Crippen molar-refractivity contribution in [2.45, 2.75) is 31.6 Å². The summed E-state index contributed by atoms with van der Waals surface area (Å²) in [5.41, 5.74) is 6.86. The highest BCUT2D eigenvalue weighted by molar-refractivity contribution is 14.0. The first kappa shape index (κ1) is 21.1. The van der Waals surface area contributed by atoms with E-state index in [0.29, 0.717) is 22.5 Å². The molecule has 1 aromatic rings. The number of nitrogens with zero attached hydrogens (tertiary/aromatic N) is 1. The summed E-state index contributed by atoms with van der Waals surface area (Å²) in [7, 11) is 0. The van der Waals surface area contributed by atoms with Crippen LogP contribution in [0, 0.1) is 0 Å². The van der Waals surface area contributed by atoms with E-state index >= 15 is 0 Å². The number of hydrogen-bond acceptors (Lipinski definition) is 2. The molecule has 0 spiro atoms. The zero-order valence-corrected chi connectivity index (χ0v) is 17.3. The Hall–Kier alpha value is 0.150. The molecular formula is C14H22Cl2IN3S. The van der Waals surface area contributed by atoms with Crippen LogP contribution in [0.15, 0.2) is 23.2 Å². The maximum atomic E-state index is 6.17. The van der Waals surface area contributed by atoms with Crippen LogP contribution in [0.1, 0.15) is 32.4 Å². The summed E-state index contributed by atoms with van der Waals surface area (Å²) in [4.78, 5) is 4.37. The molecule has 0 aliphatic rings. The minimum absolute atomic E-state index is 0. The van der Waals surface area contributed by atoms with Crippen molar-refractivity contribution in [3.8, 4) is 0 Å². The molecule has 0 heterocycles. The largest absolute Gasteiger partial charge is 0.370 e. The monoisotopic (exact) mass is 461 g/mol. The van der Waals surface area contributed by atoms with Crippen molar-refractivity contribution in [1.82, 2.24) is 5.32 Å². The van der Waals surface area contributed by atoms with E-state index < -0.39 is 0 Å². The molecule has 1 aromatic carbocycles. The van der Waals surface area contributed by atoms with Gasteiger partial charge < -0.3 is 11.1 Å². The lowest BCUT2D eigenvalue weighted by Gasteiger charge is -2.21. The number of aliphatic imine (C=N–C) groups is 1. The van der Waals surface area contributed by atoms with Crippen LogP contribution in [0.3, 0.4) is 0 Å². The molecule has 0 aromatic heterocycles. The molecule has 0 aliphatic carbocycles. The molecule has 0 saturated heterocycles. The van der Waals surface area contributed by atoms with E-state index in [1.165, 1.54) is 0 Å². The third-order valence-electron chi connectivity index (χ3n) is 2.98. The van der Waals surface area contributed by atoms with Gasteiger partial charge in [-0.2, -0.15) is 11.8 Å². The van der Waals surface area contributed by atoms with E-state index in [9.17, 15) is 0 Å². The Morgan fingerprint density at radius 3 is 2.57 bits per heavy atom. The predicted octanol–water partition coefficient (Wildman–Crippen LogP) is 4.72. The van der Waals surface area contributed by atoms with E-state index in [2.05, 4.69) is 30.4 Å². The Morgan fingerprint density at radius 1 is 1.43 bits per heavy atom. The number of guanidine groups is 1. The maximum absolute atomic E-state index is 6.17. The van der Waals surface area contributed by atoms with Crippen LogP contribution in [-0.2, 0) is 0 Å². The maximum Gasteiger partial charge on any atom is 0.189 e. The topological polar surface area (TPSA) is 50.4 Å². The first-order valence-electron chi connectivity index (χ1n) is 6.32. The summed E-state index contributed by atoms with van der Waals surface area (Å²) in [6.45, 7) is 6.91. The molecule has 3 nitrogen and oxygen atoms in total. The highest BCUT2D eigenvalue weighted by atomic mass is 127. The normalized spacial score (nSPS) is 13.5. The van der Waals surface area contributed by atoms with Gasteiger partial charge in [-0.3, -0.25) is 4.99 Å². The van der Waals surface area contributed by atoms with Crippen molar-refractivity contribution in [2.24, 2.45) is 10.7 Å². The molecule has 7 heteroatoms. The Bertz CT molecular complexity index is 495. The Labute approximate surface area is 158 Å². The van der Waals surface area contributed by atoms with Gasteiger partial charge in [0.25, 0.3) is 0 Å². The summed E-state index contributed by atoms with van der Waals surface area (Å²) in [5, 5.41) is 4.38. The molecule has 0 aliphatic heterocycles. The number of hydrogen-bond donors (Lipinski definition) is 2. The van der Waals surface area contributed by atoms with Gasteiger partial charge in [-0.15, -0.1) is 24.0 Å². The summed E-state index contributed by atoms with van der Waals surface area (Å²) in [6.07, 6.45) is 2.06. The zero-order valence-electron chi connectivity index (χ0n) is 12.6. The van der Waals surface area contributed by atoms with Crippen LogP contribution in [0.25, 0.3) is 0 Å². The van der Waals surface area contributed by atoms with E-state index in [4.69, 9.17) is 28.9 Å². The molecule has 0 amide bonds. The number of rotatable bonds is 5. The first-order chi connectivity index (χ1) is 9.25. The molecule has 0 fully saturated rings. The van der Waals surface area contributed by atoms with Crippen molar-refractivity contribution in [3.05, 3.63) is 33.8 Å². The number of benzene rings is 1. The molecule has 0 saturated carbocycles. The van der Waals surface area contributed by atoms with Gasteiger partial charge in [-0.25, -0.2) is 0 Å². The van der Waals surface area contributed by atoms with Crippen LogP contribution in [0.5, 0.6) is 0 Å². The summed E-state index contributed by atoms with van der Waals surface area (Å²) >= 11 is 13.8. The second kappa shape index (κ2) is 9.33. The SMILES string of the molecule is CSC(C)(C)CN=C(N)NC(C)c1ccc(Cl)cc1Cl.I. The highest BCUT2D eigenvalue weighted by Crippen LogP contribution is 2.26. The average molecular weight is 462 g/mol. The third kappa shape index (κ3) is 7.30. The third-order valence-corrected chi connectivity index (χ3v) is 4.77. The van der Waals surface area contributed by atoms with Gasteiger partial charge in [0.1, 0.15) is 0 Å². The fourth-order valence-electron chi connectivity index (χ4n) is 1.54. The molecular weight excluding hydrogens is 440 g/mol. The Balaban J connectivity index is 0.00000400. The summed E-state index contributed by atoms with van der Waals surface area (Å²) in [5.74, 6) is 0.422. The van der Waals surface area contributed by atoms with Crippen molar-refractivity contribution >= 4 is 64.9 Å². The van der Waals surface area contributed by atoms with Crippen molar-refractivity contribution < 1.29 is 0 Å². The van der Waals surface area contributed by atoms with Crippen molar-refractivity contribution in [3.63, 3.8) is 0 Å².